The van der Waals surface area contributed by atoms with E-state index in [2.05, 4.69) is 14.2 Å². The maximum atomic E-state index is 12.5. The SMILES string of the molecule is O=C(F)Oc1ccc2c(c1)OC(F)(F)O2. The molecule has 1 aromatic rings. The first-order valence-corrected chi connectivity index (χ1v) is 3.73. The fourth-order valence-electron chi connectivity index (χ4n) is 1.09. The molecular weight excluding hydrogens is 217 g/mol. The topological polar surface area (TPSA) is 44.8 Å². The molecule has 0 aromatic heterocycles. The molecule has 4 nitrogen and oxygen atoms in total. The van der Waals surface area contributed by atoms with Gasteiger partial charge in [0.15, 0.2) is 11.5 Å². The highest BCUT2D eigenvalue weighted by atomic mass is 19.3. The van der Waals surface area contributed by atoms with Crippen molar-refractivity contribution in [2.75, 3.05) is 0 Å². The molecular formula is C8H3F3O4. The van der Waals surface area contributed by atoms with Crippen molar-refractivity contribution in [1.29, 1.82) is 0 Å². The van der Waals surface area contributed by atoms with E-state index in [1.54, 1.807) is 0 Å². The number of benzene rings is 1. The molecule has 0 amide bonds. The van der Waals surface area contributed by atoms with Crippen LogP contribution in [0.15, 0.2) is 18.2 Å². The lowest BCUT2D eigenvalue weighted by atomic mass is 10.3. The molecule has 0 radical (unpaired) electrons. The van der Waals surface area contributed by atoms with Crippen LogP contribution in [-0.2, 0) is 0 Å². The Morgan fingerprint density at radius 1 is 1.27 bits per heavy atom. The van der Waals surface area contributed by atoms with E-state index in [4.69, 9.17) is 0 Å². The molecule has 0 aliphatic carbocycles. The molecule has 0 bridgehead atoms. The number of hydrogen-bond donors (Lipinski definition) is 0. The number of alkyl halides is 2. The molecule has 15 heavy (non-hydrogen) atoms. The highest BCUT2D eigenvalue weighted by Crippen LogP contribution is 2.42. The van der Waals surface area contributed by atoms with Gasteiger partial charge < -0.3 is 14.2 Å². The van der Waals surface area contributed by atoms with Crippen molar-refractivity contribution >= 4 is 6.22 Å². The molecule has 0 saturated heterocycles. The van der Waals surface area contributed by atoms with Crippen molar-refractivity contribution in [3.8, 4) is 17.2 Å². The lowest BCUT2D eigenvalue weighted by Gasteiger charge is -2.04. The Bertz CT molecular complexity index is 418. The van der Waals surface area contributed by atoms with Crippen LogP contribution in [0.4, 0.5) is 18.0 Å². The van der Waals surface area contributed by atoms with Crippen molar-refractivity contribution in [1.82, 2.24) is 0 Å². The number of rotatable bonds is 1. The van der Waals surface area contributed by atoms with Gasteiger partial charge in [-0.2, -0.15) is 0 Å². The van der Waals surface area contributed by atoms with Gasteiger partial charge in [0.1, 0.15) is 5.75 Å². The number of fused-ring (bicyclic) bond motifs is 1. The van der Waals surface area contributed by atoms with Gasteiger partial charge in [-0.25, -0.2) is 4.79 Å². The van der Waals surface area contributed by atoms with E-state index in [9.17, 15) is 18.0 Å². The smallest absolute Gasteiger partial charge is 0.401 e. The Morgan fingerprint density at radius 3 is 2.60 bits per heavy atom. The summed E-state index contributed by atoms with van der Waals surface area (Å²) >= 11 is 0. The minimum atomic E-state index is -3.75. The highest BCUT2D eigenvalue weighted by molar-refractivity contribution is 5.63. The van der Waals surface area contributed by atoms with Crippen molar-refractivity contribution in [2.24, 2.45) is 0 Å². The summed E-state index contributed by atoms with van der Waals surface area (Å²) in [5.74, 6) is -0.778. The number of hydrogen-bond acceptors (Lipinski definition) is 4. The summed E-state index contributed by atoms with van der Waals surface area (Å²) in [5, 5.41) is 0. The van der Waals surface area contributed by atoms with E-state index < -0.39 is 12.5 Å². The summed E-state index contributed by atoms with van der Waals surface area (Å²) < 4.78 is 49.0. The van der Waals surface area contributed by atoms with Gasteiger partial charge >= 0.3 is 12.5 Å². The molecule has 0 fully saturated rings. The third kappa shape index (κ3) is 1.95. The van der Waals surface area contributed by atoms with Gasteiger partial charge in [0.2, 0.25) is 0 Å². The number of carbonyl (C=O) groups excluding carboxylic acids is 1. The first-order valence-electron chi connectivity index (χ1n) is 3.73. The fourth-order valence-corrected chi connectivity index (χ4v) is 1.09. The van der Waals surface area contributed by atoms with E-state index in [1.165, 1.54) is 0 Å². The first-order chi connectivity index (χ1) is 6.96. The summed E-state index contributed by atoms with van der Waals surface area (Å²) in [7, 11) is 0. The van der Waals surface area contributed by atoms with Gasteiger partial charge in [0.25, 0.3) is 0 Å². The van der Waals surface area contributed by atoms with Crippen molar-refractivity contribution in [3.63, 3.8) is 0 Å². The average Bonchev–Trinajstić information content (AvgIpc) is 2.36. The zero-order valence-electron chi connectivity index (χ0n) is 7.00. The normalized spacial score (nSPS) is 16.2. The van der Waals surface area contributed by atoms with Crippen LogP contribution in [-0.4, -0.2) is 12.5 Å². The monoisotopic (exact) mass is 220 g/mol. The molecule has 1 aliphatic heterocycles. The first kappa shape index (κ1) is 9.63. The van der Waals surface area contributed by atoms with Gasteiger partial charge in [-0.05, 0) is 12.1 Å². The van der Waals surface area contributed by atoms with Crippen LogP contribution in [0, 0.1) is 0 Å². The van der Waals surface area contributed by atoms with E-state index in [1.807, 2.05) is 0 Å². The Balaban J connectivity index is 2.26. The summed E-state index contributed by atoms with van der Waals surface area (Å²) in [6.45, 7) is 0. The predicted octanol–water partition coefficient (Wildman–Crippen LogP) is 2.48. The third-order valence-electron chi connectivity index (χ3n) is 1.57. The second-order valence-corrected chi connectivity index (χ2v) is 2.62. The maximum absolute atomic E-state index is 12.5. The van der Waals surface area contributed by atoms with Crippen LogP contribution in [0.2, 0.25) is 0 Å². The molecule has 0 unspecified atom stereocenters. The molecule has 0 N–H and O–H groups in total. The fraction of sp³-hybridized carbons (Fsp3) is 0.125. The number of ether oxygens (including phenoxy) is 3. The Kier molecular flexibility index (Phi) is 1.95. The van der Waals surface area contributed by atoms with Gasteiger partial charge in [0.05, 0.1) is 0 Å². The Hall–Kier alpha value is -1.92. The van der Waals surface area contributed by atoms with E-state index in [0.717, 1.165) is 18.2 Å². The molecule has 0 atom stereocenters. The third-order valence-corrected chi connectivity index (χ3v) is 1.57. The van der Waals surface area contributed by atoms with Crippen LogP contribution in [0.3, 0.4) is 0 Å². The van der Waals surface area contributed by atoms with Gasteiger partial charge in [-0.3, -0.25) is 0 Å². The Labute approximate surface area is 81.2 Å². The highest BCUT2D eigenvalue weighted by Gasteiger charge is 2.43. The largest absolute Gasteiger partial charge is 0.586 e. The van der Waals surface area contributed by atoms with Crippen LogP contribution in [0.5, 0.6) is 17.2 Å². The van der Waals surface area contributed by atoms with Crippen molar-refractivity contribution < 1.29 is 32.2 Å². The zero-order valence-corrected chi connectivity index (χ0v) is 7.00. The van der Waals surface area contributed by atoms with Gasteiger partial charge in [-0.15, -0.1) is 13.2 Å². The molecule has 0 saturated carbocycles. The van der Waals surface area contributed by atoms with Crippen molar-refractivity contribution in [3.05, 3.63) is 18.2 Å². The average molecular weight is 220 g/mol. The lowest BCUT2D eigenvalue weighted by Crippen LogP contribution is -2.25. The van der Waals surface area contributed by atoms with Crippen LogP contribution in [0.25, 0.3) is 0 Å². The number of halogens is 3. The second kappa shape index (κ2) is 3.04. The second-order valence-electron chi connectivity index (χ2n) is 2.62. The van der Waals surface area contributed by atoms with Gasteiger partial charge in [0, 0.05) is 6.07 Å². The summed E-state index contributed by atoms with van der Waals surface area (Å²) in [4.78, 5) is 9.93. The molecule has 1 aromatic carbocycles. The maximum Gasteiger partial charge on any atom is 0.586 e. The molecule has 1 heterocycles. The standard InChI is InChI=1S/C8H3F3O4/c9-7(12)13-4-1-2-5-6(3-4)15-8(10,11)14-5/h1-3H. The zero-order chi connectivity index (χ0) is 11.1. The summed E-state index contributed by atoms with van der Waals surface area (Å²) in [5.41, 5.74) is 0. The molecule has 80 valence electrons. The molecule has 1 aliphatic rings. The molecule has 0 spiro atoms. The Morgan fingerprint density at radius 2 is 1.93 bits per heavy atom. The van der Waals surface area contributed by atoms with E-state index in [-0.39, 0.29) is 17.2 Å². The van der Waals surface area contributed by atoms with Crippen LogP contribution < -0.4 is 14.2 Å². The number of carbonyl (C=O) groups is 1. The van der Waals surface area contributed by atoms with E-state index in [0.29, 0.717) is 0 Å². The minimum Gasteiger partial charge on any atom is -0.401 e. The quantitative estimate of drug-likeness (QED) is 0.682. The predicted molar refractivity (Wildman–Crippen MR) is 39.8 cm³/mol. The molecule has 2 rings (SSSR count). The van der Waals surface area contributed by atoms with E-state index >= 15 is 0 Å². The minimum absolute atomic E-state index is 0.210. The van der Waals surface area contributed by atoms with Crippen molar-refractivity contribution in [2.45, 2.75) is 6.29 Å². The van der Waals surface area contributed by atoms with Crippen LogP contribution >= 0.6 is 0 Å². The van der Waals surface area contributed by atoms with Gasteiger partial charge in [-0.1, -0.05) is 0 Å². The van der Waals surface area contributed by atoms with Crippen LogP contribution in [0.1, 0.15) is 0 Å². The lowest BCUT2D eigenvalue weighted by molar-refractivity contribution is -0.286. The summed E-state index contributed by atoms with van der Waals surface area (Å²) in [6.07, 6.45) is -5.79. The summed E-state index contributed by atoms with van der Waals surface area (Å²) in [6, 6.07) is 3.10. The molecule has 7 heteroatoms.